The van der Waals surface area contributed by atoms with Gasteiger partial charge in [-0.25, -0.2) is 0 Å². The van der Waals surface area contributed by atoms with Gasteiger partial charge in [-0.2, -0.15) is 0 Å². The van der Waals surface area contributed by atoms with Crippen LogP contribution >= 0.6 is 0 Å². The Morgan fingerprint density at radius 2 is 2.06 bits per heavy atom. The number of amides is 1. The van der Waals surface area contributed by atoms with Gasteiger partial charge in [-0.3, -0.25) is 4.79 Å². The predicted molar refractivity (Wildman–Crippen MR) is 73.5 cm³/mol. The van der Waals surface area contributed by atoms with Crippen molar-refractivity contribution < 1.29 is 4.79 Å². The highest BCUT2D eigenvalue weighted by molar-refractivity contribution is 5.78. The zero-order valence-corrected chi connectivity index (χ0v) is 11.6. The Bertz CT molecular complexity index is 264. The van der Waals surface area contributed by atoms with Crippen molar-refractivity contribution in [3.05, 3.63) is 0 Å². The van der Waals surface area contributed by atoms with Gasteiger partial charge in [0.1, 0.15) is 0 Å². The van der Waals surface area contributed by atoms with Crippen LogP contribution < -0.4 is 10.6 Å². The molecule has 0 aromatic carbocycles. The highest BCUT2D eigenvalue weighted by Crippen LogP contribution is 2.17. The van der Waals surface area contributed by atoms with E-state index < -0.39 is 0 Å². The Morgan fingerprint density at radius 1 is 1.28 bits per heavy atom. The molecule has 1 aliphatic heterocycles. The first-order valence-electron chi connectivity index (χ1n) is 7.50. The van der Waals surface area contributed by atoms with E-state index in [1.807, 2.05) is 0 Å². The van der Waals surface area contributed by atoms with Crippen molar-refractivity contribution in [1.82, 2.24) is 15.5 Å². The third-order valence-corrected chi connectivity index (χ3v) is 4.31. The third-order valence-electron chi connectivity index (χ3n) is 4.31. The highest BCUT2D eigenvalue weighted by Gasteiger charge is 2.21. The van der Waals surface area contributed by atoms with E-state index in [1.165, 1.54) is 38.6 Å². The summed E-state index contributed by atoms with van der Waals surface area (Å²) in [6, 6.07) is 0.581. The standard InChI is InChI=1S/C14H27N3O/c1-2-17-8-7-12(11-17)9-16-14(18)10-15-13-5-3-4-6-13/h12-13,15H,2-11H2,1H3,(H,16,18). The number of likely N-dealkylation sites (tertiary alicyclic amines) is 1. The number of carbonyl (C=O) groups excluding carboxylic acids is 1. The van der Waals surface area contributed by atoms with Crippen LogP contribution in [0.2, 0.25) is 0 Å². The van der Waals surface area contributed by atoms with Gasteiger partial charge < -0.3 is 15.5 Å². The average Bonchev–Trinajstić information content (AvgIpc) is 3.04. The molecule has 1 atom stereocenters. The highest BCUT2D eigenvalue weighted by atomic mass is 16.1. The molecule has 2 rings (SSSR count). The van der Waals surface area contributed by atoms with Crippen LogP contribution in [0.5, 0.6) is 0 Å². The van der Waals surface area contributed by atoms with E-state index in [0.29, 0.717) is 18.5 Å². The van der Waals surface area contributed by atoms with E-state index in [4.69, 9.17) is 0 Å². The van der Waals surface area contributed by atoms with Crippen LogP contribution in [-0.4, -0.2) is 49.6 Å². The second-order valence-corrected chi connectivity index (χ2v) is 5.71. The summed E-state index contributed by atoms with van der Waals surface area (Å²) in [6.45, 7) is 7.01. The minimum atomic E-state index is 0.164. The fourth-order valence-electron chi connectivity index (χ4n) is 3.05. The van der Waals surface area contributed by atoms with Crippen molar-refractivity contribution in [2.75, 3.05) is 32.7 Å². The van der Waals surface area contributed by atoms with Gasteiger partial charge in [0.05, 0.1) is 6.54 Å². The third kappa shape index (κ3) is 4.25. The molecule has 0 aromatic heterocycles. The maximum absolute atomic E-state index is 11.7. The summed E-state index contributed by atoms with van der Waals surface area (Å²) in [6.07, 6.45) is 6.33. The lowest BCUT2D eigenvalue weighted by molar-refractivity contribution is -0.120. The zero-order valence-electron chi connectivity index (χ0n) is 11.6. The van der Waals surface area contributed by atoms with Crippen molar-refractivity contribution in [2.45, 2.75) is 45.1 Å². The molecule has 0 radical (unpaired) electrons. The molecule has 2 fully saturated rings. The van der Waals surface area contributed by atoms with E-state index in [1.54, 1.807) is 0 Å². The molecule has 1 heterocycles. The molecule has 0 aromatic rings. The molecule has 0 bridgehead atoms. The molecule has 1 saturated heterocycles. The maximum Gasteiger partial charge on any atom is 0.233 e. The van der Waals surface area contributed by atoms with Crippen molar-refractivity contribution >= 4 is 5.91 Å². The van der Waals surface area contributed by atoms with Crippen LogP contribution in [0.3, 0.4) is 0 Å². The van der Waals surface area contributed by atoms with Gasteiger partial charge in [0, 0.05) is 19.1 Å². The van der Waals surface area contributed by atoms with Crippen LogP contribution in [0.4, 0.5) is 0 Å². The Morgan fingerprint density at radius 3 is 2.72 bits per heavy atom. The van der Waals surface area contributed by atoms with Gasteiger partial charge in [-0.15, -0.1) is 0 Å². The van der Waals surface area contributed by atoms with Crippen LogP contribution in [0, 0.1) is 5.92 Å². The first-order valence-corrected chi connectivity index (χ1v) is 7.50. The Hall–Kier alpha value is -0.610. The fourth-order valence-corrected chi connectivity index (χ4v) is 3.05. The summed E-state index contributed by atoms with van der Waals surface area (Å²) < 4.78 is 0. The summed E-state index contributed by atoms with van der Waals surface area (Å²) in [5.74, 6) is 0.817. The molecule has 4 heteroatoms. The van der Waals surface area contributed by atoms with Crippen molar-refractivity contribution in [1.29, 1.82) is 0 Å². The topological polar surface area (TPSA) is 44.4 Å². The van der Waals surface area contributed by atoms with Crippen LogP contribution in [-0.2, 0) is 4.79 Å². The van der Waals surface area contributed by atoms with E-state index in [-0.39, 0.29) is 5.91 Å². The lowest BCUT2D eigenvalue weighted by atomic mass is 10.1. The smallest absolute Gasteiger partial charge is 0.233 e. The van der Waals surface area contributed by atoms with Gasteiger partial charge in [-0.05, 0) is 38.3 Å². The molecule has 2 N–H and O–H groups in total. The first-order chi connectivity index (χ1) is 8.78. The van der Waals surface area contributed by atoms with Crippen LogP contribution in [0.25, 0.3) is 0 Å². The summed E-state index contributed by atoms with van der Waals surface area (Å²) in [4.78, 5) is 14.2. The number of hydrogen-bond donors (Lipinski definition) is 2. The lowest BCUT2D eigenvalue weighted by Crippen LogP contribution is -2.40. The molecular weight excluding hydrogens is 226 g/mol. The second kappa shape index (κ2) is 7.10. The van der Waals surface area contributed by atoms with Gasteiger partial charge >= 0.3 is 0 Å². The number of nitrogens with zero attached hydrogens (tertiary/aromatic N) is 1. The van der Waals surface area contributed by atoms with Crippen molar-refractivity contribution in [2.24, 2.45) is 5.92 Å². The maximum atomic E-state index is 11.7. The van der Waals surface area contributed by atoms with E-state index >= 15 is 0 Å². The average molecular weight is 253 g/mol. The molecule has 18 heavy (non-hydrogen) atoms. The van der Waals surface area contributed by atoms with Crippen molar-refractivity contribution in [3.8, 4) is 0 Å². The van der Waals surface area contributed by atoms with Crippen LogP contribution in [0.15, 0.2) is 0 Å². The van der Waals surface area contributed by atoms with Gasteiger partial charge in [0.2, 0.25) is 5.91 Å². The summed E-state index contributed by atoms with van der Waals surface area (Å²) >= 11 is 0. The van der Waals surface area contributed by atoms with Gasteiger partial charge in [0.25, 0.3) is 0 Å². The summed E-state index contributed by atoms with van der Waals surface area (Å²) in [5, 5.41) is 6.42. The SMILES string of the molecule is CCN1CCC(CNC(=O)CNC2CCCC2)C1. The zero-order chi connectivity index (χ0) is 12.8. The van der Waals surface area contributed by atoms with Gasteiger partial charge in [0.15, 0.2) is 0 Å². The molecular formula is C14H27N3O. The number of hydrogen-bond acceptors (Lipinski definition) is 3. The van der Waals surface area contributed by atoms with E-state index in [2.05, 4.69) is 22.5 Å². The normalized spacial score (nSPS) is 25.7. The van der Waals surface area contributed by atoms with E-state index in [9.17, 15) is 4.79 Å². The first kappa shape index (κ1) is 13.8. The molecule has 1 amide bonds. The molecule has 1 unspecified atom stereocenters. The quantitative estimate of drug-likeness (QED) is 0.741. The molecule has 2 aliphatic rings. The Balaban J connectivity index is 1.54. The molecule has 1 aliphatic carbocycles. The molecule has 1 saturated carbocycles. The van der Waals surface area contributed by atoms with Gasteiger partial charge in [-0.1, -0.05) is 19.8 Å². The number of rotatable bonds is 6. The summed E-state index contributed by atoms with van der Waals surface area (Å²) in [5.41, 5.74) is 0. The van der Waals surface area contributed by atoms with Crippen LogP contribution in [0.1, 0.15) is 39.0 Å². The minimum Gasteiger partial charge on any atom is -0.355 e. The molecule has 0 spiro atoms. The Kier molecular flexibility index (Phi) is 5.45. The molecule has 4 nitrogen and oxygen atoms in total. The predicted octanol–water partition coefficient (Wildman–Crippen LogP) is 0.977. The molecule has 104 valence electrons. The number of carbonyl (C=O) groups is 1. The number of nitrogens with one attached hydrogen (secondary N) is 2. The largest absolute Gasteiger partial charge is 0.355 e. The fraction of sp³-hybridized carbons (Fsp3) is 0.929. The second-order valence-electron chi connectivity index (χ2n) is 5.71. The monoisotopic (exact) mass is 253 g/mol. The minimum absolute atomic E-state index is 0.164. The Labute approximate surface area is 110 Å². The summed E-state index contributed by atoms with van der Waals surface area (Å²) in [7, 11) is 0. The lowest BCUT2D eigenvalue weighted by Gasteiger charge is -2.15. The van der Waals surface area contributed by atoms with E-state index in [0.717, 1.165) is 19.6 Å². The van der Waals surface area contributed by atoms with Crippen molar-refractivity contribution in [3.63, 3.8) is 0 Å².